The molecule has 30 heavy (non-hydrogen) atoms. The average molecular weight is 420 g/mol. The Morgan fingerprint density at radius 1 is 1.23 bits per heavy atom. The maximum Gasteiger partial charge on any atom is 0.416 e. The summed E-state index contributed by atoms with van der Waals surface area (Å²) in [4.78, 5) is 16.6. The van der Waals surface area contributed by atoms with Gasteiger partial charge >= 0.3 is 6.18 Å². The van der Waals surface area contributed by atoms with Crippen LogP contribution in [0, 0.1) is 6.92 Å². The lowest BCUT2D eigenvalue weighted by Crippen LogP contribution is -2.32. The standard InChI is InChI=1S/C19H19F3N6O2/c1-10-24-13(15-26-27-17(30-15)18(2)8-9-23-16(18)29)14(28(10)3)25-12-6-4-11(5-7-12)19(20,21)22/h4-7,25H,8-9H2,1-3H3,(H,23,29)/t18-/m0/s1. The van der Waals surface area contributed by atoms with E-state index >= 15 is 0 Å². The number of alkyl halides is 3. The summed E-state index contributed by atoms with van der Waals surface area (Å²) in [5.74, 6) is 1.23. The van der Waals surface area contributed by atoms with E-state index in [0.29, 0.717) is 36.0 Å². The van der Waals surface area contributed by atoms with Crippen molar-refractivity contribution in [2.45, 2.75) is 31.9 Å². The van der Waals surface area contributed by atoms with Crippen LogP contribution in [0.3, 0.4) is 0 Å². The predicted octanol–water partition coefficient (Wildman–Crippen LogP) is 3.32. The molecule has 1 aliphatic rings. The first kappa shape index (κ1) is 19.9. The van der Waals surface area contributed by atoms with Crippen LogP contribution in [0.5, 0.6) is 0 Å². The van der Waals surface area contributed by atoms with Gasteiger partial charge in [0.15, 0.2) is 5.69 Å². The number of hydrogen-bond acceptors (Lipinski definition) is 6. The van der Waals surface area contributed by atoms with Gasteiger partial charge in [0.2, 0.25) is 11.8 Å². The first-order valence-corrected chi connectivity index (χ1v) is 9.20. The molecule has 1 atom stereocenters. The van der Waals surface area contributed by atoms with Gasteiger partial charge in [-0.05, 0) is 44.5 Å². The summed E-state index contributed by atoms with van der Waals surface area (Å²) in [6.45, 7) is 4.03. The van der Waals surface area contributed by atoms with E-state index in [-0.39, 0.29) is 17.7 Å². The largest absolute Gasteiger partial charge is 0.418 e. The highest BCUT2D eigenvalue weighted by molar-refractivity contribution is 5.88. The number of hydrogen-bond donors (Lipinski definition) is 2. The van der Waals surface area contributed by atoms with Crippen molar-refractivity contribution in [1.29, 1.82) is 0 Å². The number of halogens is 3. The fraction of sp³-hybridized carbons (Fsp3) is 0.368. The third kappa shape index (κ3) is 3.29. The molecule has 0 bridgehead atoms. The van der Waals surface area contributed by atoms with Crippen LogP contribution in [0.4, 0.5) is 24.7 Å². The van der Waals surface area contributed by atoms with Crippen LogP contribution in [0.1, 0.15) is 30.6 Å². The smallest absolute Gasteiger partial charge is 0.416 e. The number of amides is 1. The molecule has 158 valence electrons. The molecule has 0 spiro atoms. The number of aromatic nitrogens is 4. The van der Waals surface area contributed by atoms with Gasteiger partial charge in [-0.1, -0.05) is 0 Å². The molecule has 1 aliphatic heterocycles. The normalized spacial score (nSPS) is 19.2. The minimum Gasteiger partial charge on any atom is -0.418 e. The Morgan fingerprint density at radius 3 is 2.53 bits per heavy atom. The van der Waals surface area contributed by atoms with Crippen LogP contribution < -0.4 is 10.6 Å². The Hall–Kier alpha value is -3.37. The fourth-order valence-corrected chi connectivity index (χ4v) is 3.26. The summed E-state index contributed by atoms with van der Waals surface area (Å²) in [5.41, 5.74) is -0.861. The Bertz CT molecular complexity index is 1100. The number of benzene rings is 1. The number of imidazole rings is 1. The van der Waals surface area contributed by atoms with E-state index in [1.807, 2.05) is 0 Å². The van der Waals surface area contributed by atoms with Crippen molar-refractivity contribution >= 4 is 17.4 Å². The topological polar surface area (TPSA) is 97.9 Å². The van der Waals surface area contributed by atoms with Gasteiger partial charge in [-0.25, -0.2) is 4.98 Å². The molecular formula is C19H19F3N6O2. The van der Waals surface area contributed by atoms with E-state index in [1.54, 1.807) is 25.5 Å². The minimum atomic E-state index is -4.41. The van der Waals surface area contributed by atoms with Crippen molar-refractivity contribution in [2.75, 3.05) is 11.9 Å². The van der Waals surface area contributed by atoms with E-state index in [4.69, 9.17) is 4.42 Å². The molecule has 3 heterocycles. The highest BCUT2D eigenvalue weighted by Gasteiger charge is 2.44. The molecule has 1 fully saturated rings. The molecule has 8 nitrogen and oxygen atoms in total. The molecular weight excluding hydrogens is 401 g/mol. The number of nitrogens with zero attached hydrogens (tertiary/aromatic N) is 4. The van der Waals surface area contributed by atoms with Crippen LogP contribution in [-0.2, 0) is 23.4 Å². The summed E-state index contributed by atoms with van der Waals surface area (Å²) in [5, 5.41) is 13.9. The minimum absolute atomic E-state index is 0.115. The van der Waals surface area contributed by atoms with Crippen LogP contribution in [0.15, 0.2) is 28.7 Å². The fourth-order valence-electron chi connectivity index (χ4n) is 3.26. The van der Waals surface area contributed by atoms with Gasteiger partial charge in [0.1, 0.15) is 17.1 Å². The molecule has 0 aliphatic carbocycles. The van der Waals surface area contributed by atoms with Crippen LogP contribution in [0.2, 0.25) is 0 Å². The van der Waals surface area contributed by atoms with Gasteiger partial charge in [-0.15, -0.1) is 10.2 Å². The van der Waals surface area contributed by atoms with Crippen molar-refractivity contribution in [3.8, 4) is 11.6 Å². The lowest BCUT2D eigenvalue weighted by Gasteiger charge is -2.14. The molecule has 11 heteroatoms. The SMILES string of the molecule is Cc1nc(-c2nnc([C@@]3(C)CCNC3=O)o2)c(Nc2ccc(C(F)(F)F)cc2)n1C. The summed E-state index contributed by atoms with van der Waals surface area (Å²) in [6.07, 6.45) is -3.87. The van der Waals surface area contributed by atoms with Gasteiger partial charge in [-0.3, -0.25) is 4.79 Å². The average Bonchev–Trinajstić information content (AvgIpc) is 3.37. The summed E-state index contributed by atoms with van der Waals surface area (Å²) >= 11 is 0. The molecule has 2 N–H and O–H groups in total. The molecule has 3 aromatic rings. The Morgan fingerprint density at radius 2 is 1.93 bits per heavy atom. The van der Waals surface area contributed by atoms with Crippen LogP contribution >= 0.6 is 0 Å². The zero-order valence-electron chi connectivity index (χ0n) is 16.5. The van der Waals surface area contributed by atoms with Crippen molar-refractivity contribution in [2.24, 2.45) is 7.05 Å². The third-order valence-electron chi connectivity index (χ3n) is 5.31. The lowest BCUT2D eigenvalue weighted by atomic mass is 9.89. The molecule has 2 aromatic heterocycles. The number of carbonyl (C=O) groups is 1. The van der Waals surface area contributed by atoms with Crippen molar-refractivity contribution in [3.05, 3.63) is 41.5 Å². The highest BCUT2D eigenvalue weighted by Crippen LogP contribution is 2.35. The first-order chi connectivity index (χ1) is 14.1. The van der Waals surface area contributed by atoms with Crippen molar-refractivity contribution in [3.63, 3.8) is 0 Å². The van der Waals surface area contributed by atoms with Gasteiger partial charge in [0.25, 0.3) is 5.89 Å². The number of nitrogens with one attached hydrogen (secondary N) is 2. The monoisotopic (exact) mass is 420 g/mol. The van der Waals surface area contributed by atoms with E-state index in [9.17, 15) is 18.0 Å². The summed E-state index contributed by atoms with van der Waals surface area (Å²) in [7, 11) is 1.75. The van der Waals surface area contributed by atoms with Gasteiger partial charge in [0.05, 0.1) is 5.56 Å². The Balaban J connectivity index is 1.67. The lowest BCUT2D eigenvalue weighted by molar-refractivity contribution is -0.137. The van der Waals surface area contributed by atoms with E-state index < -0.39 is 17.2 Å². The maximum atomic E-state index is 12.8. The Kier molecular flexibility index (Phi) is 4.55. The maximum absolute atomic E-state index is 12.8. The number of aryl methyl sites for hydroxylation is 1. The zero-order valence-corrected chi connectivity index (χ0v) is 16.5. The summed E-state index contributed by atoms with van der Waals surface area (Å²) in [6, 6.07) is 4.65. The second-order valence-corrected chi connectivity index (χ2v) is 7.37. The summed E-state index contributed by atoms with van der Waals surface area (Å²) < 4.78 is 45.9. The quantitative estimate of drug-likeness (QED) is 0.672. The van der Waals surface area contributed by atoms with Crippen molar-refractivity contribution in [1.82, 2.24) is 25.1 Å². The molecule has 4 rings (SSSR count). The number of rotatable bonds is 4. The molecule has 0 unspecified atom stereocenters. The van der Waals surface area contributed by atoms with Gasteiger partial charge in [-0.2, -0.15) is 13.2 Å². The Labute approximate surface area is 169 Å². The number of carbonyl (C=O) groups excluding carboxylic acids is 1. The molecule has 1 saturated heterocycles. The first-order valence-electron chi connectivity index (χ1n) is 9.20. The zero-order chi connectivity index (χ0) is 21.7. The second-order valence-electron chi connectivity index (χ2n) is 7.37. The van der Waals surface area contributed by atoms with Gasteiger partial charge < -0.3 is 19.6 Å². The second kappa shape index (κ2) is 6.85. The third-order valence-corrected chi connectivity index (χ3v) is 5.31. The van der Waals surface area contributed by atoms with E-state index in [2.05, 4.69) is 25.8 Å². The van der Waals surface area contributed by atoms with Gasteiger partial charge in [0, 0.05) is 19.3 Å². The van der Waals surface area contributed by atoms with E-state index in [1.165, 1.54) is 12.1 Å². The molecule has 0 saturated carbocycles. The predicted molar refractivity (Wildman–Crippen MR) is 101 cm³/mol. The van der Waals surface area contributed by atoms with Crippen LogP contribution in [-0.4, -0.2) is 32.2 Å². The van der Waals surface area contributed by atoms with Crippen LogP contribution in [0.25, 0.3) is 11.6 Å². The molecule has 0 radical (unpaired) electrons. The number of anilines is 2. The van der Waals surface area contributed by atoms with Crippen molar-refractivity contribution < 1.29 is 22.4 Å². The highest BCUT2D eigenvalue weighted by atomic mass is 19.4. The van der Waals surface area contributed by atoms with E-state index in [0.717, 1.165) is 12.1 Å². The molecule has 1 aromatic carbocycles. The molecule has 1 amide bonds.